The molecular formula is C18H14BrClN4O2S. The first-order chi connectivity index (χ1) is 13.0. The lowest BCUT2D eigenvalue weighted by molar-refractivity contribution is -0.123. The number of nitrogens with zero attached hydrogens (tertiary/aromatic N) is 2. The first kappa shape index (κ1) is 19.6. The van der Waals surface area contributed by atoms with Gasteiger partial charge in [0.1, 0.15) is 5.25 Å². The van der Waals surface area contributed by atoms with Crippen LogP contribution in [0.15, 0.2) is 63.2 Å². The highest BCUT2D eigenvalue weighted by atomic mass is 79.9. The van der Waals surface area contributed by atoms with Crippen LogP contribution in [-0.4, -0.2) is 28.4 Å². The van der Waals surface area contributed by atoms with Crippen molar-refractivity contribution >= 4 is 68.2 Å². The van der Waals surface area contributed by atoms with Crippen LogP contribution in [0.5, 0.6) is 0 Å². The van der Waals surface area contributed by atoms with E-state index < -0.39 is 5.25 Å². The molecule has 2 amide bonds. The Labute approximate surface area is 173 Å². The molecule has 1 heterocycles. The second-order valence-electron chi connectivity index (χ2n) is 5.56. The first-order valence-electron chi connectivity index (χ1n) is 7.89. The molecule has 2 aromatic carbocycles. The SMILES string of the molecule is O=C1C[C@@H](C(=O)Nc2ccc(Br)cc2)SC(=NN=Cc2ccc(Cl)cc2)N1. The summed E-state index contributed by atoms with van der Waals surface area (Å²) >= 11 is 10.3. The van der Waals surface area contributed by atoms with Crippen LogP contribution in [0.2, 0.25) is 5.02 Å². The quantitative estimate of drug-likeness (QED) is 0.528. The van der Waals surface area contributed by atoms with E-state index in [0.29, 0.717) is 10.7 Å². The molecule has 0 unspecified atom stereocenters. The van der Waals surface area contributed by atoms with Crippen molar-refractivity contribution in [3.63, 3.8) is 0 Å². The van der Waals surface area contributed by atoms with Crippen molar-refractivity contribution in [1.82, 2.24) is 5.32 Å². The number of benzene rings is 2. The van der Waals surface area contributed by atoms with Crippen molar-refractivity contribution in [2.24, 2.45) is 10.2 Å². The number of nitrogens with one attached hydrogen (secondary N) is 2. The number of amidine groups is 1. The highest BCUT2D eigenvalue weighted by molar-refractivity contribution is 9.10. The minimum Gasteiger partial charge on any atom is -0.325 e. The van der Waals surface area contributed by atoms with Gasteiger partial charge in [0.05, 0.1) is 6.21 Å². The van der Waals surface area contributed by atoms with Crippen molar-refractivity contribution in [2.75, 3.05) is 5.32 Å². The zero-order valence-electron chi connectivity index (χ0n) is 13.9. The summed E-state index contributed by atoms with van der Waals surface area (Å²) in [5, 5.41) is 13.7. The third kappa shape index (κ3) is 5.92. The Balaban J connectivity index is 1.64. The molecule has 3 rings (SSSR count). The van der Waals surface area contributed by atoms with Gasteiger partial charge in [-0.25, -0.2) is 0 Å². The molecular weight excluding hydrogens is 452 g/mol. The van der Waals surface area contributed by atoms with Crippen LogP contribution in [-0.2, 0) is 9.59 Å². The Morgan fingerprint density at radius 3 is 2.63 bits per heavy atom. The predicted octanol–water partition coefficient (Wildman–Crippen LogP) is 4.05. The van der Waals surface area contributed by atoms with Crippen LogP contribution in [0.3, 0.4) is 0 Å². The van der Waals surface area contributed by atoms with Gasteiger partial charge in [0.2, 0.25) is 11.8 Å². The van der Waals surface area contributed by atoms with Gasteiger partial charge in [0.25, 0.3) is 0 Å². The zero-order chi connectivity index (χ0) is 19.2. The van der Waals surface area contributed by atoms with E-state index in [1.54, 1.807) is 42.6 Å². The molecule has 138 valence electrons. The molecule has 1 aliphatic heterocycles. The Bertz CT molecular complexity index is 901. The Kier molecular flexibility index (Phi) is 6.65. The minimum atomic E-state index is -0.577. The third-order valence-electron chi connectivity index (χ3n) is 3.50. The van der Waals surface area contributed by atoms with E-state index in [0.717, 1.165) is 10.0 Å². The molecule has 0 aromatic heterocycles. The monoisotopic (exact) mass is 464 g/mol. The summed E-state index contributed by atoms with van der Waals surface area (Å²) in [6, 6.07) is 14.3. The van der Waals surface area contributed by atoms with Gasteiger partial charge >= 0.3 is 0 Å². The van der Waals surface area contributed by atoms with Crippen molar-refractivity contribution < 1.29 is 9.59 Å². The van der Waals surface area contributed by atoms with Crippen LogP contribution < -0.4 is 10.6 Å². The van der Waals surface area contributed by atoms with Crippen LogP contribution >= 0.6 is 39.3 Å². The van der Waals surface area contributed by atoms with Crippen LogP contribution in [0.25, 0.3) is 0 Å². The van der Waals surface area contributed by atoms with E-state index in [9.17, 15) is 9.59 Å². The molecule has 1 saturated heterocycles. The average molecular weight is 466 g/mol. The third-order valence-corrected chi connectivity index (χ3v) is 5.35. The second-order valence-corrected chi connectivity index (χ2v) is 8.10. The lowest BCUT2D eigenvalue weighted by Crippen LogP contribution is -2.41. The number of hydrogen-bond donors (Lipinski definition) is 2. The fourth-order valence-electron chi connectivity index (χ4n) is 2.19. The smallest absolute Gasteiger partial charge is 0.238 e. The van der Waals surface area contributed by atoms with Gasteiger partial charge < -0.3 is 10.6 Å². The van der Waals surface area contributed by atoms with Gasteiger partial charge in [-0.1, -0.05) is 51.4 Å². The number of rotatable bonds is 4. The van der Waals surface area contributed by atoms with Gasteiger partial charge in [0.15, 0.2) is 5.17 Å². The Morgan fingerprint density at radius 1 is 1.22 bits per heavy atom. The molecule has 0 bridgehead atoms. The zero-order valence-corrected chi connectivity index (χ0v) is 17.0. The number of thioether (sulfide) groups is 1. The maximum atomic E-state index is 12.4. The number of halogens is 2. The molecule has 1 fully saturated rings. The Morgan fingerprint density at radius 2 is 1.93 bits per heavy atom. The largest absolute Gasteiger partial charge is 0.325 e. The number of hydrogen-bond acceptors (Lipinski definition) is 5. The lowest BCUT2D eigenvalue weighted by atomic mass is 10.2. The molecule has 9 heteroatoms. The molecule has 2 aromatic rings. The van der Waals surface area contributed by atoms with E-state index >= 15 is 0 Å². The highest BCUT2D eigenvalue weighted by Gasteiger charge is 2.30. The van der Waals surface area contributed by atoms with Gasteiger partial charge in [-0.2, -0.15) is 5.10 Å². The topological polar surface area (TPSA) is 82.9 Å². The maximum absolute atomic E-state index is 12.4. The summed E-state index contributed by atoms with van der Waals surface area (Å²) in [6.45, 7) is 0. The van der Waals surface area contributed by atoms with Crippen molar-refractivity contribution in [3.05, 3.63) is 63.6 Å². The average Bonchev–Trinajstić information content (AvgIpc) is 2.65. The molecule has 1 aliphatic rings. The highest BCUT2D eigenvalue weighted by Crippen LogP contribution is 2.23. The fraction of sp³-hybridized carbons (Fsp3) is 0.111. The summed E-state index contributed by atoms with van der Waals surface area (Å²) in [5.41, 5.74) is 1.48. The van der Waals surface area contributed by atoms with E-state index in [-0.39, 0.29) is 23.4 Å². The number of carbonyl (C=O) groups is 2. The first-order valence-corrected chi connectivity index (χ1v) is 9.94. The van der Waals surface area contributed by atoms with Crippen LogP contribution in [0.1, 0.15) is 12.0 Å². The minimum absolute atomic E-state index is 0.0763. The van der Waals surface area contributed by atoms with Gasteiger partial charge in [-0.15, -0.1) is 5.10 Å². The number of amides is 2. The van der Waals surface area contributed by atoms with Gasteiger partial charge in [0, 0.05) is 21.6 Å². The molecule has 0 spiro atoms. The molecule has 0 saturated carbocycles. The molecule has 2 N–H and O–H groups in total. The lowest BCUT2D eigenvalue weighted by Gasteiger charge is -2.21. The molecule has 1 atom stereocenters. The van der Waals surface area contributed by atoms with Crippen molar-refractivity contribution in [2.45, 2.75) is 11.7 Å². The fourth-order valence-corrected chi connectivity index (χ4v) is 3.52. The second kappa shape index (κ2) is 9.16. The molecule has 27 heavy (non-hydrogen) atoms. The van der Waals surface area contributed by atoms with Crippen LogP contribution in [0, 0.1) is 0 Å². The normalized spacial score (nSPS) is 18.5. The summed E-state index contributed by atoms with van der Waals surface area (Å²) in [6.07, 6.45) is 1.62. The van der Waals surface area contributed by atoms with Crippen molar-refractivity contribution in [1.29, 1.82) is 0 Å². The van der Waals surface area contributed by atoms with E-state index in [1.807, 2.05) is 12.1 Å². The molecule has 6 nitrogen and oxygen atoms in total. The predicted molar refractivity (Wildman–Crippen MR) is 113 cm³/mol. The van der Waals surface area contributed by atoms with Gasteiger partial charge in [-0.3, -0.25) is 9.59 Å². The Hall–Kier alpha value is -2.16. The summed E-state index contributed by atoms with van der Waals surface area (Å²) in [7, 11) is 0. The summed E-state index contributed by atoms with van der Waals surface area (Å²) in [4.78, 5) is 24.3. The summed E-state index contributed by atoms with van der Waals surface area (Å²) in [5.74, 6) is -0.531. The number of carbonyl (C=O) groups excluding carboxylic acids is 2. The van der Waals surface area contributed by atoms with E-state index in [1.165, 1.54) is 11.8 Å². The van der Waals surface area contributed by atoms with Crippen LogP contribution in [0.4, 0.5) is 5.69 Å². The van der Waals surface area contributed by atoms with Gasteiger partial charge in [-0.05, 0) is 42.0 Å². The molecule has 0 aliphatic carbocycles. The van der Waals surface area contributed by atoms with E-state index in [2.05, 4.69) is 36.8 Å². The number of anilines is 1. The maximum Gasteiger partial charge on any atom is 0.238 e. The summed E-state index contributed by atoms with van der Waals surface area (Å²) < 4.78 is 0.917. The van der Waals surface area contributed by atoms with E-state index in [4.69, 9.17) is 11.6 Å². The standard InChI is InChI=1S/C18H14BrClN4O2S/c19-12-3-7-14(8-4-12)22-17(26)15-9-16(25)23-18(27-15)24-21-10-11-1-5-13(20)6-2-11/h1-8,10,15H,9H2,(H,22,26)(H,23,24,25)/t15-/m0/s1. The van der Waals surface area contributed by atoms with Crippen molar-refractivity contribution in [3.8, 4) is 0 Å². The molecule has 0 radical (unpaired) electrons.